The minimum atomic E-state index is -4.00. The van der Waals surface area contributed by atoms with E-state index in [-0.39, 0.29) is 16.4 Å². The van der Waals surface area contributed by atoms with E-state index in [0.29, 0.717) is 0 Å². The van der Waals surface area contributed by atoms with Gasteiger partial charge >= 0.3 is 0 Å². The molecule has 0 aliphatic heterocycles. The Hall–Kier alpha value is -2.22. The van der Waals surface area contributed by atoms with Crippen LogP contribution in [0.2, 0.25) is 0 Å². The Bertz CT molecular complexity index is 702. The number of nitrogens with one attached hydrogen (secondary N) is 1. The molecule has 2 aromatic rings. The fourth-order valence-corrected chi connectivity index (χ4v) is 2.52. The average Bonchev–Trinajstić information content (AvgIpc) is 2.31. The van der Waals surface area contributed by atoms with Crippen molar-refractivity contribution in [2.45, 2.75) is 4.90 Å². The van der Waals surface area contributed by atoms with Gasteiger partial charge in [0.05, 0.1) is 11.9 Å². The highest BCUT2D eigenvalue weighted by Crippen LogP contribution is 2.21. The van der Waals surface area contributed by atoms with E-state index < -0.39 is 21.7 Å². The Labute approximate surface area is 108 Å². The number of nitrogens with zero attached hydrogens (tertiary/aromatic N) is 1. The minimum Gasteiger partial charge on any atom is -0.398 e. The van der Waals surface area contributed by atoms with E-state index in [4.69, 9.17) is 5.73 Å². The molecule has 19 heavy (non-hydrogen) atoms. The summed E-state index contributed by atoms with van der Waals surface area (Å²) in [5.41, 5.74) is 5.22. The van der Waals surface area contributed by atoms with E-state index in [1.54, 1.807) is 0 Å². The van der Waals surface area contributed by atoms with Crippen LogP contribution >= 0.6 is 0 Å². The maximum absolute atomic E-state index is 12.9. The number of nitrogen functional groups attached to an aromatic ring is 1. The van der Waals surface area contributed by atoms with Gasteiger partial charge in [-0.25, -0.2) is 22.2 Å². The highest BCUT2D eigenvalue weighted by Gasteiger charge is 2.18. The highest BCUT2D eigenvalue weighted by molar-refractivity contribution is 7.92. The maximum Gasteiger partial charge on any atom is 0.265 e. The number of benzene rings is 1. The first-order valence-electron chi connectivity index (χ1n) is 5.08. The summed E-state index contributed by atoms with van der Waals surface area (Å²) in [7, 11) is -4.00. The van der Waals surface area contributed by atoms with Crippen LogP contribution < -0.4 is 10.5 Å². The van der Waals surface area contributed by atoms with Gasteiger partial charge in [-0.1, -0.05) is 0 Å². The third-order valence-corrected chi connectivity index (χ3v) is 3.66. The monoisotopic (exact) mass is 285 g/mol. The molecular weight excluding hydrogens is 276 g/mol. The molecule has 0 atom stereocenters. The maximum atomic E-state index is 12.9. The minimum absolute atomic E-state index is 0.0647. The molecule has 0 aliphatic rings. The van der Waals surface area contributed by atoms with Gasteiger partial charge in [0.25, 0.3) is 10.0 Å². The van der Waals surface area contributed by atoms with Crippen molar-refractivity contribution in [1.82, 2.24) is 4.98 Å². The molecule has 8 heteroatoms. The molecular formula is C11H9F2N3O2S. The van der Waals surface area contributed by atoms with Crippen molar-refractivity contribution < 1.29 is 17.2 Å². The zero-order valence-corrected chi connectivity index (χ0v) is 10.3. The van der Waals surface area contributed by atoms with Crippen LogP contribution in [0.5, 0.6) is 0 Å². The number of pyridine rings is 1. The molecule has 5 nitrogen and oxygen atoms in total. The first-order chi connectivity index (χ1) is 8.88. The summed E-state index contributed by atoms with van der Waals surface area (Å²) in [4.78, 5) is 3.28. The second-order valence-corrected chi connectivity index (χ2v) is 5.30. The van der Waals surface area contributed by atoms with Crippen LogP contribution in [0.1, 0.15) is 0 Å². The first-order valence-corrected chi connectivity index (χ1v) is 6.56. The molecule has 0 radical (unpaired) electrons. The smallest absolute Gasteiger partial charge is 0.265 e. The van der Waals surface area contributed by atoms with E-state index in [9.17, 15) is 17.2 Å². The first kappa shape index (κ1) is 13.2. The average molecular weight is 285 g/mol. The van der Waals surface area contributed by atoms with Gasteiger partial charge < -0.3 is 5.73 Å². The Morgan fingerprint density at radius 2 is 1.79 bits per heavy atom. The molecule has 0 saturated carbocycles. The predicted molar refractivity (Wildman–Crippen MR) is 65.8 cm³/mol. The fourth-order valence-electron chi connectivity index (χ4n) is 1.39. The third kappa shape index (κ3) is 2.97. The van der Waals surface area contributed by atoms with Gasteiger partial charge in [0.2, 0.25) is 0 Å². The number of sulfonamides is 1. The van der Waals surface area contributed by atoms with E-state index >= 15 is 0 Å². The molecule has 1 heterocycles. The van der Waals surface area contributed by atoms with Crippen LogP contribution in [0.25, 0.3) is 0 Å². The molecule has 0 amide bonds. The summed E-state index contributed by atoms with van der Waals surface area (Å²) in [5, 5.41) is 0. The highest BCUT2D eigenvalue weighted by atomic mass is 32.2. The lowest BCUT2D eigenvalue weighted by Crippen LogP contribution is -2.15. The lowest BCUT2D eigenvalue weighted by atomic mass is 10.3. The van der Waals surface area contributed by atoms with Crippen molar-refractivity contribution in [2.75, 3.05) is 10.5 Å². The van der Waals surface area contributed by atoms with Crippen molar-refractivity contribution in [3.05, 3.63) is 48.2 Å². The lowest BCUT2D eigenvalue weighted by molar-refractivity contribution is 0.599. The van der Waals surface area contributed by atoms with Crippen molar-refractivity contribution in [1.29, 1.82) is 0 Å². The van der Waals surface area contributed by atoms with E-state index in [2.05, 4.69) is 9.71 Å². The molecule has 0 spiro atoms. The van der Waals surface area contributed by atoms with Crippen LogP contribution in [0, 0.1) is 11.6 Å². The molecule has 3 N–H and O–H groups in total. The van der Waals surface area contributed by atoms with Crippen LogP contribution in [-0.4, -0.2) is 13.4 Å². The van der Waals surface area contributed by atoms with Gasteiger partial charge in [-0.05, 0) is 30.3 Å². The molecule has 2 rings (SSSR count). The normalized spacial score (nSPS) is 11.3. The summed E-state index contributed by atoms with van der Waals surface area (Å²) in [6, 6.07) is 5.12. The standard InChI is InChI=1S/C11H9F2N3O2S/c12-7-1-3-10(9(14)5-7)19(17,18)16-11-4-2-8(13)6-15-11/h1-6H,14H2,(H,15,16). The number of nitrogens with two attached hydrogens (primary N) is 1. The number of hydrogen-bond donors (Lipinski definition) is 2. The van der Waals surface area contributed by atoms with Crippen molar-refractivity contribution >= 4 is 21.5 Å². The van der Waals surface area contributed by atoms with Crippen LogP contribution in [-0.2, 0) is 10.0 Å². The summed E-state index contributed by atoms with van der Waals surface area (Å²) in [6.07, 6.45) is 0.867. The van der Waals surface area contributed by atoms with E-state index in [1.165, 1.54) is 0 Å². The van der Waals surface area contributed by atoms with Crippen molar-refractivity contribution in [3.8, 4) is 0 Å². The molecule has 0 bridgehead atoms. The number of hydrogen-bond acceptors (Lipinski definition) is 4. The second-order valence-electron chi connectivity index (χ2n) is 3.65. The zero-order chi connectivity index (χ0) is 14.0. The van der Waals surface area contributed by atoms with Gasteiger partial charge in [0.15, 0.2) is 0 Å². The summed E-state index contributed by atoms with van der Waals surface area (Å²) >= 11 is 0. The van der Waals surface area contributed by atoms with Crippen LogP contribution in [0.15, 0.2) is 41.4 Å². The third-order valence-electron chi connectivity index (χ3n) is 2.23. The molecule has 1 aromatic heterocycles. The molecule has 100 valence electrons. The SMILES string of the molecule is Nc1cc(F)ccc1S(=O)(=O)Nc1ccc(F)cn1. The Morgan fingerprint density at radius 3 is 2.37 bits per heavy atom. The number of anilines is 2. The fraction of sp³-hybridized carbons (Fsp3) is 0. The number of aromatic nitrogens is 1. The predicted octanol–water partition coefficient (Wildman–Crippen LogP) is 1.74. The second kappa shape index (κ2) is 4.81. The van der Waals surface area contributed by atoms with Crippen molar-refractivity contribution in [2.24, 2.45) is 0 Å². The van der Waals surface area contributed by atoms with Gasteiger partial charge in [0.1, 0.15) is 22.3 Å². The van der Waals surface area contributed by atoms with Crippen molar-refractivity contribution in [3.63, 3.8) is 0 Å². The quantitative estimate of drug-likeness (QED) is 0.841. The zero-order valence-electron chi connectivity index (χ0n) is 9.47. The molecule has 0 aliphatic carbocycles. The van der Waals surface area contributed by atoms with Gasteiger partial charge in [-0.15, -0.1) is 0 Å². The topological polar surface area (TPSA) is 85.1 Å². The van der Waals surface area contributed by atoms with Crippen LogP contribution in [0.4, 0.5) is 20.3 Å². The largest absolute Gasteiger partial charge is 0.398 e. The molecule has 1 aromatic carbocycles. The molecule has 0 fully saturated rings. The van der Waals surface area contributed by atoms with Gasteiger partial charge in [-0.3, -0.25) is 4.72 Å². The Morgan fingerprint density at radius 1 is 1.11 bits per heavy atom. The van der Waals surface area contributed by atoms with E-state index in [0.717, 1.165) is 36.5 Å². The van der Waals surface area contributed by atoms with E-state index in [1.807, 2.05) is 0 Å². The summed E-state index contributed by atoms with van der Waals surface area (Å²) < 4.78 is 51.6. The van der Waals surface area contributed by atoms with Crippen LogP contribution in [0.3, 0.4) is 0 Å². The summed E-state index contributed by atoms with van der Waals surface area (Å²) in [5.74, 6) is -1.30. The number of halogens is 2. The summed E-state index contributed by atoms with van der Waals surface area (Å²) in [6.45, 7) is 0. The van der Waals surface area contributed by atoms with Gasteiger partial charge in [0, 0.05) is 0 Å². The number of rotatable bonds is 3. The molecule has 0 saturated heterocycles. The Kier molecular flexibility index (Phi) is 3.34. The van der Waals surface area contributed by atoms with Gasteiger partial charge in [-0.2, -0.15) is 0 Å². The molecule has 0 unspecified atom stereocenters. The Balaban J connectivity index is 2.35. The lowest BCUT2D eigenvalue weighted by Gasteiger charge is -2.09.